The first kappa shape index (κ1) is 44.8. The van der Waals surface area contributed by atoms with E-state index in [0.29, 0.717) is 23.1 Å². The average molecular weight is 681 g/mol. The lowest BCUT2D eigenvalue weighted by Crippen LogP contribution is -2.16. The van der Waals surface area contributed by atoms with E-state index in [2.05, 4.69) is 111 Å². The third-order valence-corrected chi connectivity index (χ3v) is 9.82. The van der Waals surface area contributed by atoms with Gasteiger partial charge in [0.25, 0.3) is 0 Å². The first-order chi connectivity index (χ1) is 23.7. The summed E-state index contributed by atoms with van der Waals surface area (Å²) in [5, 5.41) is 0. The summed E-state index contributed by atoms with van der Waals surface area (Å²) in [4.78, 5) is 24.5. The molecule has 0 aromatic carbocycles. The maximum absolute atomic E-state index is 12.5. The lowest BCUT2D eigenvalue weighted by Gasteiger charge is -2.13. The summed E-state index contributed by atoms with van der Waals surface area (Å²) in [5.74, 6) is -0.0256. The van der Waals surface area contributed by atoms with Crippen molar-refractivity contribution in [3.8, 4) is 0 Å². The molecule has 0 heterocycles. The van der Waals surface area contributed by atoms with Crippen molar-refractivity contribution in [2.45, 2.75) is 172 Å². The van der Waals surface area contributed by atoms with E-state index in [-0.39, 0.29) is 11.6 Å². The van der Waals surface area contributed by atoms with Gasteiger partial charge in [0, 0.05) is 16.7 Å². The van der Waals surface area contributed by atoms with E-state index < -0.39 is 0 Å². The standard InChI is InChI=1S/C48H72O2/c1-36(2)19-12-20-37(3)21-13-22-38(4)23-14-24-39(5)25-15-26-40(6)27-16-28-41(7)29-17-30-42(8)31-18-32-43(9)33-34-46-35-47(49)44(10)45(11)48(46)50/h19,21,23,25,27,29,31,33,35H,12-18,20,22,24,26,28,30,32,34H2,1-11H3/b37-21+,38-23-,39-25+,40-27+,41-29+,42-31+,43-33+. The van der Waals surface area contributed by atoms with Crippen LogP contribution in [0.2, 0.25) is 0 Å². The molecule has 0 aromatic heterocycles. The van der Waals surface area contributed by atoms with E-state index in [9.17, 15) is 9.59 Å². The Morgan fingerprint density at radius 1 is 0.420 bits per heavy atom. The van der Waals surface area contributed by atoms with Crippen LogP contribution in [-0.2, 0) is 9.59 Å². The summed E-state index contributed by atoms with van der Waals surface area (Å²) in [6.45, 7) is 23.6. The van der Waals surface area contributed by atoms with E-state index in [1.165, 1.54) is 63.5 Å². The highest BCUT2D eigenvalue weighted by molar-refractivity contribution is 6.22. The van der Waals surface area contributed by atoms with Crippen LogP contribution >= 0.6 is 0 Å². The van der Waals surface area contributed by atoms with Gasteiger partial charge in [-0.25, -0.2) is 0 Å². The fourth-order valence-corrected chi connectivity index (χ4v) is 5.94. The Labute approximate surface area is 308 Å². The van der Waals surface area contributed by atoms with Gasteiger partial charge in [0.1, 0.15) is 0 Å². The van der Waals surface area contributed by atoms with Crippen molar-refractivity contribution in [2.24, 2.45) is 0 Å². The molecule has 0 amide bonds. The molecule has 0 spiro atoms. The number of rotatable bonds is 23. The van der Waals surface area contributed by atoms with Gasteiger partial charge in [0.2, 0.25) is 0 Å². The quantitative estimate of drug-likeness (QED) is 0.0795. The molecule has 50 heavy (non-hydrogen) atoms. The summed E-state index contributed by atoms with van der Waals surface area (Å²) >= 11 is 0. The van der Waals surface area contributed by atoms with Crippen LogP contribution in [0.25, 0.3) is 0 Å². The number of carbonyl (C=O) groups is 2. The summed E-state index contributed by atoms with van der Waals surface area (Å²) in [5.41, 5.74) is 13.4. The van der Waals surface area contributed by atoms with Crippen molar-refractivity contribution in [1.82, 2.24) is 0 Å². The van der Waals surface area contributed by atoms with Crippen LogP contribution in [0.4, 0.5) is 0 Å². The second-order valence-electron chi connectivity index (χ2n) is 15.2. The fraction of sp³-hybridized carbons (Fsp3) is 0.542. The SMILES string of the molecule is CC(C)=CCC/C(C)=C/CC/C(C)=C\CC/C(C)=C/CC/C(C)=C/CC/C(C)=C/CC/C(C)=C/CC/C(C)=C/CC1=CC(=O)C(C)=C(C)C1=O. The Bertz CT molecular complexity index is 1430. The van der Waals surface area contributed by atoms with Crippen molar-refractivity contribution in [1.29, 1.82) is 0 Å². The minimum absolute atomic E-state index is 0.00947. The molecule has 0 bridgehead atoms. The third-order valence-electron chi connectivity index (χ3n) is 9.82. The molecule has 0 radical (unpaired) electrons. The Morgan fingerprint density at radius 2 is 0.700 bits per heavy atom. The highest BCUT2D eigenvalue weighted by atomic mass is 16.1. The largest absolute Gasteiger partial charge is 0.290 e. The van der Waals surface area contributed by atoms with Crippen LogP contribution in [0, 0.1) is 0 Å². The molecular formula is C48H72O2. The molecule has 1 aliphatic carbocycles. The van der Waals surface area contributed by atoms with Crippen LogP contribution in [0.1, 0.15) is 172 Å². The highest BCUT2D eigenvalue weighted by Gasteiger charge is 2.22. The van der Waals surface area contributed by atoms with E-state index in [1.807, 2.05) is 0 Å². The Morgan fingerprint density at radius 3 is 1.00 bits per heavy atom. The van der Waals surface area contributed by atoms with Gasteiger partial charge < -0.3 is 0 Å². The van der Waals surface area contributed by atoms with E-state index >= 15 is 0 Å². The highest BCUT2D eigenvalue weighted by Crippen LogP contribution is 2.22. The second kappa shape index (κ2) is 25.7. The van der Waals surface area contributed by atoms with Crippen molar-refractivity contribution in [2.75, 3.05) is 0 Å². The molecule has 0 N–H and O–H groups in total. The second-order valence-corrected chi connectivity index (χ2v) is 15.2. The molecule has 1 rings (SSSR count). The van der Waals surface area contributed by atoms with Gasteiger partial charge in [-0.2, -0.15) is 0 Å². The lowest BCUT2D eigenvalue weighted by molar-refractivity contribution is -0.115. The van der Waals surface area contributed by atoms with Crippen molar-refractivity contribution in [3.63, 3.8) is 0 Å². The maximum Gasteiger partial charge on any atom is 0.185 e. The predicted molar refractivity (Wildman–Crippen MR) is 221 cm³/mol. The lowest BCUT2D eigenvalue weighted by atomic mass is 9.89. The first-order valence-corrected chi connectivity index (χ1v) is 19.4. The number of allylic oxidation sites excluding steroid dienone is 20. The maximum atomic E-state index is 12.5. The monoisotopic (exact) mass is 681 g/mol. The molecule has 2 nitrogen and oxygen atoms in total. The minimum atomic E-state index is -0.0351. The van der Waals surface area contributed by atoms with Crippen LogP contribution in [0.5, 0.6) is 0 Å². The van der Waals surface area contributed by atoms with Crippen LogP contribution in [0.3, 0.4) is 0 Å². The zero-order chi connectivity index (χ0) is 37.5. The summed E-state index contributed by atoms with van der Waals surface area (Å²) < 4.78 is 0. The number of carbonyl (C=O) groups excluding carboxylic acids is 2. The van der Waals surface area contributed by atoms with Gasteiger partial charge >= 0.3 is 0 Å². The van der Waals surface area contributed by atoms with Crippen LogP contribution in [-0.4, -0.2) is 11.6 Å². The van der Waals surface area contributed by atoms with E-state index in [1.54, 1.807) is 13.8 Å². The molecule has 276 valence electrons. The molecule has 1 aliphatic rings. The molecule has 0 saturated carbocycles. The Kier molecular flexibility index (Phi) is 23.0. The van der Waals surface area contributed by atoms with Gasteiger partial charge in [-0.15, -0.1) is 0 Å². The molecule has 0 aromatic rings. The van der Waals surface area contributed by atoms with Gasteiger partial charge in [0.05, 0.1) is 0 Å². The number of hydrogen-bond acceptors (Lipinski definition) is 2. The molecular weight excluding hydrogens is 609 g/mol. The Hall–Kier alpha value is -3.26. The average Bonchev–Trinajstić information content (AvgIpc) is 3.04. The summed E-state index contributed by atoms with van der Waals surface area (Å²) in [6.07, 6.45) is 36.7. The summed E-state index contributed by atoms with van der Waals surface area (Å²) in [7, 11) is 0. The van der Waals surface area contributed by atoms with E-state index in [4.69, 9.17) is 0 Å². The number of Topliss-reactive ketones (excluding diaryl/α,β-unsaturated/α-hetero) is 1. The topological polar surface area (TPSA) is 34.1 Å². The normalized spacial score (nSPS) is 16.1. The third kappa shape index (κ3) is 21.1. The molecule has 0 aliphatic heterocycles. The first-order valence-electron chi connectivity index (χ1n) is 19.4. The molecule has 0 unspecified atom stereocenters. The van der Waals surface area contributed by atoms with Crippen LogP contribution < -0.4 is 0 Å². The van der Waals surface area contributed by atoms with E-state index in [0.717, 1.165) is 77.0 Å². The predicted octanol–water partition coefficient (Wildman–Crippen LogP) is 14.8. The Balaban J connectivity index is 2.28. The van der Waals surface area contributed by atoms with Gasteiger partial charge in [0.15, 0.2) is 11.6 Å². The number of ketones is 2. The zero-order valence-electron chi connectivity index (χ0n) is 34.1. The van der Waals surface area contributed by atoms with Gasteiger partial charge in [-0.05, 0) is 179 Å². The zero-order valence-corrected chi connectivity index (χ0v) is 34.1. The van der Waals surface area contributed by atoms with Gasteiger partial charge in [-0.1, -0.05) is 93.2 Å². The van der Waals surface area contributed by atoms with Gasteiger partial charge in [-0.3, -0.25) is 9.59 Å². The minimum Gasteiger partial charge on any atom is -0.290 e. The van der Waals surface area contributed by atoms with Crippen molar-refractivity contribution in [3.05, 3.63) is 116 Å². The summed E-state index contributed by atoms with van der Waals surface area (Å²) in [6, 6.07) is 0. The smallest absolute Gasteiger partial charge is 0.185 e. The van der Waals surface area contributed by atoms with Crippen molar-refractivity contribution >= 4 is 11.6 Å². The molecule has 0 atom stereocenters. The number of hydrogen-bond donors (Lipinski definition) is 0. The van der Waals surface area contributed by atoms with Crippen molar-refractivity contribution < 1.29 is 9.59 Å². The van der Waals surface area contributed by atoms with Crippen LogP contribution in [0.15, 0.2) is 116 Å². The molecule has 2 heteroatoms. The fourth-order valence-electron chi connectivity index (χ4n) is 5.94. The molecule has 0 fully saturated rings. The molecule has 0 saturated heterocycles.